The van der Waals surface area contributed by atoms with Crippen LogP contribution in [0.15, 0.2) is 138 Å². The topological polar surface area (TPSA) is 188 Å². The fraction of sp³-hybridized carbons (Fsp3) is 0.403. The van der Waals surface area contributed by atoms with Crippen LogP contribution in [0, 0.1) is 5.92 Å². The quantitative estimate of drug-likeness (QED) is 0.0454. The van der Waals surface area contributed by atoms with Crippen LogP contribution in [0.25, 0.3) is 6.08 Å². The Bertz CT molecular complexity index is 2210. The molecular weight excluding hydrogens is 1200 g/mol. The van der Waals surface area contributed by atoms with E-state index in [1.165, 1.54) is 44.1 Å². The number of carbonyl (C=O) groups is 11. The molecule has 0 aliphatic heterocycles. The Labute approximate surface area is 524 Å². The van der Waals surface area contributed by atoms with Crippen LogP contribution in [0.1, 0.15) is 178 Å². The molecule has 456 valence electrons. The summed E-state index contributed by atoms with van der Waals surface area (Å²) in [5.74, 6) is 1.08. The number of hydrogen-bond acceptors (Lipinski definition) is 11. The lowest BCUT2D eigenvalue weighted by Gasteiger charge is -2.04. The van der Waals surface area contributed by atoms with Crippen LogP contribution in [0.2, 0.25) is 0 Å². The van der Waals surface area contributed by atoms with Gasteiger partial charge >= 0.3 is 0 Å². The maximum Gasteiger partial charge on any atom is 0.247 e. The SMILES string of the molecule is C/C=C(/C)C(=O)Cl.C/C=C(\C)C(=O)Cl.C/C=C/C(=O)Cl.C=CCCC(=O)Cl.CC(=O)Cl.CC(=O)c1ccccc1.CC(C)=CC(=O)Cl.CC(C)=CC(=O)Cl.CCC(CC)C(C)=O.CCCCCC(C)=O.O=C(Cl)/C=C/c1ccccc1. The summed E-state index contributed by atoms with van der Waals surface area (Å²) in [6.07, 6.45) is 21.0. The third-order valence-electron chi connectivity index (χ3n) is 8.21. The van der Waals surface area contributed by atoms with E-state index in [1.54, 1.807) is 85.8 Å². The Hall–Kier alpha value is -4.69. The molecule has 0 aliphatic carbocycles. The second kappa shape index (κ2) is 71.4. The van der Waals surface area contributed by atoms with Gasteiger partial charge in [-0.3, -0.25) is 47.9 Å². The molecule has 0 aromatic heterocycles. The number of allylic oxidation sites excluding steroid dienone is 12. The van der Waals surface area contributed by atoms with Crippen molar-refractivity contribution in [3.05, 3.63) is 149 Å². The number of hydrogen-bond donors (Lipinski definition) is 0. The fourth-order valence-electron chi connectivity index (χ4n) is 3.91. The van der Waals surface area contributed by atoms with Gasteiger partial charge in [0.25, 0.3) is 0 Å². The van der Waals surface area contributed by atoms with Gasteiger partial charge in [-0.1, -0.05) is 136 Å². The summed E-state index contributed by atoms with van der Waals surface area (Å²) in [4.78, 5) is 111. The second-order valence-electron chi connectivity index (χ2n) is 16.3. The summed E-state index contributed by atoms with van der Waals surface area (Å²) >= 11 is 39.5. The second-order valence-corrected chi connectivity index (χ2v) is 19.4. The van der Waals surface area contributed by atoms with Gasteiger partial charge in [0.05, 0.1) is 0 Å². The molecule has 0 N–H and O–H groups in total. The highest BCUT2D eigenvalue weighted by Gasteiger charge is 2.06. The Morgan fingerprint density at radius 1 is 0.506 bits per heavy atom. The van der Waals surface area contributed by atoms with Crippen molar-refractivity contribution in [2.24, 2.45) is 5.92 Å². The van der Waals surface area contributed by atoms with E-state index in [4.69, 9.17) is 81.2 Å². The lowest BCUT2D eigenvalue weighted by atomic mass is 10.00. The first-order valence-electron chi connectivity index (χ1n) is 25.1. The monoisotopic (exact) mass is 1290 g/mol. The minimum absolute atomic E-state index is 0.121. The third-order valence-corrected chi connectivity index (χ3v) is 9.47. The van der Waals surface area contributed by atoms with Crippen molar-refractivity contribution < 1.29 is 52.7 Å². The summed E-state index contributed by atoms with van der Waals surface area (Å²) in [6.45, 7) is 31.7. The number of ketones is 3. The molecule has 0 spiro atoms. The first kappa shape index (κ1) is 95.5. The van der Waals surface area contributed by atoms with Crippen molar-refractivity contribution in [2.45, 2.75) is 162 Å². The molecule has 0 radical (unpaired) electrons. The molecule has 0 saturated heterocycles. The average molecular weight is 1290 g/mol. The number of unbranched alkanes of at least 4 members (excludes halogenated alkanes) is 2. The van der Waals surface area contributed by atoms with Gasteiger partial charge in [0.15, 0.2) is 5.78 Å². The van der Waals surface area contributed by atoms with E-state index in [0.29, 0.717) is 41.5 Å². The first-order valence-corrected chi connectivity index (χ1v) is 28.1. The van der Waals surface area contributed by atoms with E-state index in [0.717, 1.165) is 48.0 Å². The molecule has 0 aliphatic rings. The molecular formula is C62H86Cl8O11. The highest BCUT2D eigenvalue weighted by molar-refractivity contribution is 6.68. The zero-order valence-electron chi connectivity index (χ0n) is 49.9. The van der Waals surface area contributed by atoms with Crippen molar-refractivity contribution in [2.75, 3.05) is 0 Å². The molecule has 0 atom stereocenters. The summed E-state index contributed by atoms with van der Waals surface area (Å²) in [7, 11) is 0. The Morgan fingerprint density at radius 3 is 1.02 bits per heavy atom. The number of benzene rings is 2. The average Bonchev–Trinajstić information content (AvgIpc) is 3.36. The van der Waals surface area contributed by atoms with Crippen LogP contribution >= 0.6 is 92.8 Å². The molecule has 2 aromatic rings. The Kier molecular flexibility index (Phi) is 84.2. The summed E-state index contributed by atoms with van der Waals surface area (Å²) in [6, 6.07) is 18.7. The largest absolute Gasteiger partial charge is 0.300 e. The molecule has 81 heavy (non-hydrogen) atoms. The van der Waals surface area contributed by atoms with Gasteiger partial charge in [-0.2, -0.15) is 0 Å². The molecule has 0 saturated carbocycles. The fourth-order valence-corrected chi connectivity index (χ4v) is 4.87. The van der Waals surface area contributed by atoms with Gasteiger partial charge in [0.1, 0.15) is 11.6 Å². The van der Waals surface area contributed by atoms with Crippen molar-refractivity contribution in [3.63, 3.8) is 0 Å². The molecule has 0 amide bonds. The lowest BCUT2D eigenvalue weighted by molar-refractivity contribution is -0.121. The molecule has 11 nitrogen and oxygen atoms in total. The third kappa shape index (κ3) is 111. The molecule has 19 heteroatoms. The van der Waals surface area contributed by atoms with Crippen LogP contribution < -0.4 is 0 Å². The van der Waals surface area contributed by atoms with Crippen LogP contribution in [0.3, 0.4) is 0 Å². The number of Topliss-reactive ketones (excluding diaryl/α,β-unsaturated/α-hetero) is 3. The summed E-state index contributed by atoms with van der Waals surface area (Å²) in [5.41, 5.74) is 4.81. The van der Waals surface area contributed by atoms with Crippen LogP contribution in [0.4, 0.5) is 0 Å². The van der Waals surface area contributed by atoms with E-state index in [9.17, 15) is 52.7 Å². The first-order chi connectivity index (χ1) is 37.5. The zero-order valence-corrected chi connectivity index (χ0v) is 56.0. The van der Waals surface area contributed by atoms with Gasteiger partial charge in [-0.25, -0.2) is 0 Å². The van der Waals surface area contributed by atoms with Gasteiger partial charge in [0.2, 0.25) is 41.9 Å². The minimum atomic E-state index is -0.450. The van der Waals surface area contributed by atoms with E-state index in [2.05, 4.69) is 39.0 Å². The molecule has 0 fully saturated rings. The predicted molar refractivity (Wildman–Crippen MR) is 346 cm³/mol. The highest BCUT2D eigenvalue weighted by Crippen LogP contribution is 2.07. The van der Waals surface area contributed by atoms with Gasteiger partial charge < -0.3 is 4.79 Å². The summed E-state index contributed by atoms with van der Waals surface area (Å²) < 4.78 is 0. The van der Waals surface area contributed by atoms with Crippen LogP contribution in [-0.4, -0.2) is 59.3 Å². The van der Waals surface area contributed by atoms with Crippen molar-refractivity contribution in [1.29, 1.82) is 0 Å². The smallest absolute Gasteiger partial charge is 0.247 e. The maximum absolute atomic E-state index is 10.6. The number of rotatable bonds is 18. The van der Waals surface area contributed by atoms with Crippen molar-refractivity contribution in [1.82, 2.24) is 0 Å². The number of halogens is 8. The van der Waals surface area contributed by atoms with E-state index >= 15 is 0 Å². The normalized spacial score (nSPS) is 9.40. The molecule has 0 heterocycles. The maximum atomic E-state index is 10.6. The lowest BCUT2D eigenvalue weighted by Crippen LogP contribution is -2.07. The van der Waals surface area contributed by atoms with Gasteiger partial charge in [-0.15, -0.1) is 6.58 Å². The van der Waals surface area contributed by atoms with E-state index in [-0.39, 0.29) is 26.8 Å². The minimum Gasteiger partial charge on any atom is -0.300 e. The van der Waals surface area contributed by atoms with E-state index in [1.807, 2.05) is 88.4 Å². The Morgan fingerprint density at radius 2 is 0.877 bits per heavy atom. The number of carbonyl (C=O) groups excluding carboxylic acids is 11. The van der Waals surface area contributed by atoms with E-state index < -0.39 is 21.0 Å². The molecule has 0 unspecified atom stereocenters. The van der Waals surface area contributed by atoms with Gasteiger partial charge in [0, 0.05) is 42.4 Å². The zero-order chi connectivity index (χ0) is 65.5. The van der Waals surface area contributed by atoms with Crippen molar-refractivity contribution >= 4 is 158 Å². The molecule has 2 aromatic carbocycles. The predicted octanol–water partition coefficient (Wildman–Crippen LogP) is 19.2. The van der Waals surface area contributed by atoms with Crippen LogP contribution in [0.5, 0.6) is 0 Å². The standard InChI is InChI=1S/C9H7ClO.C8H8O.2C7H14O.5C5H7ClO.C4H5ClO.C2H3ClO/c10-9(11)7-6-8-4-2-1-3-5-8;1-7(9)8-5-3-2-4-6-8;1-4-7(5-2)6(3)8;1-3-4-5-6-7(2)8;2*1-4(2)3-5(6)7;2*1-3-4(2)5(6)7;1-2-3-4-5(6)7;1-2-3-4(5)6;1-2(3)4/h1-7H;2-6H,1H3;7H,4-5H2,1-3H3;3-6H2,1-2H3;4*3H,1-2H3;2H,1,3-4H2;2-3H,1H3;1H3/b7-6+;;;;;;4-3+;4-3-;;3-2+;. The van der Waals surface area contributed by atoms with Crippen molar-refractivity contribution in [3.8, 4) is 0 Å². The van der Waals surface area contributed by atoms with Crippen LogP contribution in [-0.2, 0) is 47.9 Å². The highest BCUT2D eigenvalue weighted by atomic mass is 35.5. The summed E-state index contributed by atoms with van der Waals surface area (Å²) in [5, 5.41) is -3.07. The Balaban J connectivity index is -0.000000101. The molecule has 0 bridgehead atoms. The van der Waals surface area contributed by atoms with Gasteiger partial charge in [-0.05, 0) is 231 Å². The molecule has 2 rings (SSSR count).